The van der Waals surface area contributed by atoms with Crippen LogP contribution in [0, 0.1) is 0 Å². The lowest BCUT2D eigenvalue weighted by atomic mass is 10.2. The highest BCUT2D eigenvalue weighted by atomic mass is 35.7. The average Bonchev–Trinajstić information content (AvgIpc) is 2.29. The molecule has 6 heteroatoms. The van der Waals surface area contributed by atoms with Gasteiger partial charge in [0.25, 0.3) is 9.05 Å². The maximum atomic E-state index is 11.1. The van der Waals surface area contributed by atoms with Crippen LogP contribution in [0.2, 0.25) is 0 Å². The second-order valence-corrected chi connectivity index (χ2v) is 5.60. The molecule has 1 heterocycles. The molecule has 0 saturated heterocycles. The summed E-state index contributed by atoms with van der Waals surface area (Å²) in [6, 6.07) is 7.87. The van der Waals surface area contributed by atoms with Crippen molar-refractivity contribution in [1.82, 2.24) is 9.97 Å². The van der Waals surface area contributed by atoms with E-state index in [-0.39, 0.29) is 4.90 Å². The Hall–Kier alpha value is -1.46. The molecule has 0 aliphatic carbocycles. The number of benzene rings is 1. The zero-order valence-electron chi connectivity index (χ0n) is 8.04. The molecular weight excluding hydrogens is 248 g/mol. The third-order valence-electron chi connectivity index (χ3n) is 1.94. The van der Waals surface area contributed by atoms with Gasteiger partial charge in [0.05, 0.1) is 4.90 Å². The average molecular weight is 255 g/mol. The van der Waals surface area contributed by atoms with Crippen LogP contribution < -0.4 is 0 Å². The Morgan fingerprint density at radius 2 is 1.75 bits per heavy atom. The van der Waals surface area contributed by atoms with E-state index in [0.29, 0.717) is 11.4 Å². The van der Waals surface area contributed by atoms with Crippen molar-refractivity contribution < 1.29 is 8.42 Å². The molecule has 0 aliphatic rings. The van der Waals surface area contributed by atoms with E-state index >= 15 is 0 Å². The Morgan fingerprint density at radius 1 is 1.06 bits per heavy atom. The van der Waals surface area contributed by atoms with E-state index in [1.54, 1.807) is 30.6 Å². The summed E-state index contributed by atoms with van der Waals surface area (Å²) in [4.78, 5) is 8.09. The number of rotatable bonds is 2. The second kappa shape index (κ2) is 4.19. The van der Waals surface area contributed by atoms with Gasteiger partial charge < -0.3 is 0 Å². The monoisotopic (exact) mass is 254 g/mol. The van der Waals surface area contributed by atoms with E-state index in [2.05, 4.69) is 9.97 Å². The fraction of sp³-hybridized carbons (Fsp3) is 0. The van der Waals surface area contributed by atoms with Gasteiger partial charge in [-0.05, 0) is 18.2 Å². The molecule has 2 rings (SSSR count). The van der Waals surface area contributed by atoms with Gasteiger partial charge in [-0.2, -0.15) is 0 Å². The van der Waals surface area contributed by atoms with E-state index in [4.69, 9.17) is 10.7 Å². The SMILES string of the molecule is O=S(=O)(Cl)c1cccc(-c2ncccn2)c1. The number of nitrogens with zero attached hydrogens (tertiary/aromatic N) is 2. The van der Waals surface area contributed by atoms with Gasteiger partial charge in [-0.3, -0.25) is 0 Å². The van der Waals surface area contributed by atoms with Gasteiger partial charge in [-0.25, -0.2) is 18.4 Å². The van der Waals surface area contributed by atoms with Gasteiger partial charge in [0.2, 0.25) is 0 Å². The Kier molecular flexibility index (Phi) is 2.89. The number of halogens is 1. The molecule has 2 aromatic rings. The van der Waals surface area contributed by atoms with Crippen LogP contribution in [-0.2, 0) is 9.05 Å². The van der Waals surface area contributed by atoms with Crippen LogP contribution in [-0.4, -0.2) is 18.4 Å². The lowest BCUT2D eigenvalue weighted by Crippen LogP contribution is -1.92. The minimum atomic E-state index is -3.72. The molecule has 0 saturated carbocycles. The van der Waals surface area contributed by atoms with Gasteiger partial charge in [-0.15, -0.1) is 0 Å². The summed E-state index contributed by atoms with van der Waals surface area (Å²) in [5.74, 6) is 0.463. The first-order chi connectivity index (χ1) is 7.57. The smallest absolute Gasteiger partial charge is 0.237 e. The summed E-state index contributed by atoms with van der Waals surface area (Å²) >= 11 is 0. The van der Waals surface area contributed by atoms with Crippen LogP contribution in [0.25, 0.3) is 11.4 Å². The van der Waals surface area contributed by atoms with E-state index in [1.807, 2.05) is 0 Å². The van der Waals surface area contributed by atoms with E-state index < -0.39 is 9.05 Å². The van der Waals surface area contributed by atoms with Crippen LogP contribution in [0.3, 0.4) is 0 Å². The molecule has 0 bridgehead atoms. The molecule has 0 fully saturated rings. The Bertz CT molecular complexity index is 599. The van der Waals surface area contributed by atoms with Crippen molar-refractivity contribution in [3.63, 3.8) is 0 Å². The van der Waals surface area contributed by atoms with Crippen molar-refractivity contribution in [2.24, 2.45) is 0 Å². The molecule has 4 nitrogen and oxygen atoms in total. The summed E-state index contributed by atoms with van der Waals surface area (Å²) in [7, 11) is 1.53. The second-order valence-electron chi connectivity index (χ2n) is 3.04. The Balaban J connectivity index is 2.53. The van der Waals surface area contributed by atoms with E-state index in [0.717, 1.165) is 0 Å². The lowest BCUT2D eigenvalue weighted by molar-refractivity contribution is 0.609. The Labute approximate surface area is 97.4 Å². The predicted molar refractivity (Wildman–Crippen MR) is 60.5 cm³/mol. The molecule has 1 aromatic carbocycles. The highest BCUT2D eigenvalue weighted by molar-refractivity contribution is 8.13. The van der Waals surface area contributed by atoms with Gasteiger partial charge >= 0.3 is 0 Å². The molecule has 0 radical (unpaired) electrons. The summed E-state index contributed by atoms with van der Waals surface area (Å²) < 4.78 is 22.3. The topological polar surface area (TPSA) is 59.9 Å². The van der Waals surface area contributed by atoms with Crippen molar-refractivity contribution >= 4 is 19.7 Å². The molecule has 1 aromatic heterocycles. The quantitative estimate of drug-likeness (QED) is 0.770. The van der Waals surface area contributed by atoms with Crippen LogP contribution >= 0.6 is 10.7 Å². The van der Waals surface area contributed by atoms with Crippen molar-refractivity contribution in [3.05, 3.63) is 42.7 Å². The highest BCUT2D eigenvalue weighted by Crippen LogP contribution is 2.21. The number of hydrogen-bond acceptors (Lipinski definition) is 4. The van der Waals surface area contributed by atoms with Crippen molar-refractivity contribution in [2.45, 2.75) is 4.90 Å². The molecule has 0 amide bonds. The first-order valence-electron chi connectivity index (χ1n) is 4.39. The minimum absolute atomic E-state index is 0.0409. The summed E-state index contributed by atoms with van der Waals surface area (Å²) in [6.45, 7) is 0. The third kappa shape index (κ3) is 2.37. The normalized spacial score (nSPS) is 11.3. The van der Waals surface area contributed by atoms with Gasteiger partial charge in [0, 0.05) is 28.6 Å². The van der Waals surface area contributed by atoms with Crippen molar-refractivity contribution in [2.75, 3.05) is 0 Å². The molecule has 0 N–H and O–H groups in total. The van der Waals surface area contributed by atoms with Crippen LogP contribution in [0.1, 0.15) is 0 Å². The van der Waals surface area contributed by atoms with E-state index in [1.165, 1.54) is 12.1 Å². The predicted octanol–water partition coefficient (Wildman–Crippen LogP) is 2.07. The zero-order chi connectivity index (χ0) is 11.6. The maximum Gasteiger partial charge on any atom is 0.261 e. The van der Waals surface area contributed by atoms with E-state index in [9.17, 15) is 8.42 Å². The standard InChI is InChI=1S/C10H7ClN2O2S/c11-16(14,15)9-4-1-3-8(7-9)10-12-5-2-6-13-10/h1-7H. The fourth-order valence-corrected chi connectivity index (χ4v) is 2.03. The largest absolute Gasteiger partial charge is 0.261 e. The number of hydrogen-bond donors (Lipinski definition) is 0. The summed E-state index contributed by atoms with van der Waals surface area (Å²) in [6.07, 6.45) is 3.18. The van der Waals surface area contributed by atoms with Crippen molar-refractivity contribution in [3.8, 4) is 11.4 Å². The van der Waals surface area contributed by atoms with Gasteiger partial charge in [-0.1, -0.05) is 12.1 Å². The molecule has 0 spiro atoms. The molecule has 0 unspecified atom stereocenters. The molecule has 82 valence electrons. The molecule has 16 heavy (non-hydrogen) atoms. The fourth-order valence-electron chi connectivity index (χ4n) is 1.24. The highest BCUT2D eigenvalue weighted by Gasteiger charge is 2.11. The maximum absolute atomic E-state index is 11.1. The minimum Gasteiger partial charge on any atom is -0.237 e. The lowest BCUT2D eigenvalue weighted by Gasteiger charge is -2.00. The third-order valence-corrected chi connectivity index (χ3v) is 3.29. The number of aromatic nitrogens is 2. The first-order valence-corrected chi connectivity index (χ1v) is 6.70. The molecule has 0 atom stereocenters. The summed E-state index contributed by atoms with van der Waals surface area (Å²) in [5, 5.41) is 0. The molecular formula is C10H7ClN2O2S. The Morgan fingerprint density at radius 3 is 2.38 bits per heavy atom. The van der Waals surface area contributed by atoms with Gasteiger partial charge in [0.1, 0.15) is 0 Å². The summed E-state index contributed by atoms with van der Waals surface area (Å²) in [5.41, 5.74) is 0.613. The molecule has 0 aliphatic heterocycles. The van der Waals surface area contributed by atoms with Gasteiger partial charge in [0.15, 0.2) is 5.82 Å². The van der Waals surface area contributed by atoms with Crippen LogP contribution in [0.15, 0.2) is 47.6 Å². The zero-order valence-corrected chi connectivity index (χ0v) is 9.61. The first kappa shape index (κ1) is 11.0. The van der Waals surface area contributed by atoms with Crippen molar-refractivity contribution in [1.29, 1.82) is 0 Å². The van der Waals surface area contributed by atoms with Crippen LogP contribution in [0.4, 0.5) is 0 Å². The van der Waals surface area contributed by atoms with Crippen LogP contribution in [0.5, 0.6) is 0 Å².